The molecule has 0 aromatic heterocycles. The van der Waals surface area contributed by atoms with Crippen molar-refractivity contribution in [2.45, 2.75) is 38.5 Å². The Morgan fingerprint density at radius 3 is 2.82 bits per heavy atom. The molecule has 2 N–H and O–H groups in total. The third-order valence-electron chi connectivity index (χ3n) is 4.26. The first-order valence-corrected chi connectivity index (χ1v) is 7.08. The van der Waals surface area contributed by atoms with Gasteiger partial charge in [0, 0.05) is 5.02 Å². The lowest BCUT2D eigenvalue weighted by atomic mass is 9.70. The Labute approximate surface area is 109 Å². The van der Waals surface area contributed by atoms with Crippen LogP contribution in [0.4, 0.5) is 0 Å². The van der Waals surface area contributed by atoms with Gasteiger partial charge in [0.15, 0.2) is 0 Å². The van der Waals surface area contributed by atoms with Crippen molar-refractivity contribution in [3.05, 3.63) is 34.9 Å². The summed E-state index contributed by atoms with van der Waals surface area (Å²) >= 11 is 6.09. The standard InChI is InChI=1S/C15H22ClN/c1-2-11-6-7-13(10-17)15(8-11)12-4-3-5-14(16)9-12/h3-5,9,11,13,15H,2,6-8,10,17H2,1H3. The van der Waals surface area contributed by atoms with E-state index in [9.17, 15) is 0 Å². The summed E-state index contributed by atoms with van der Waals surface area (Å²) in [5.41, 5.74) is 7.30. The van der Waals surface area contributed by atoms with Gasteiger partial charge in [-0.1, -0.05) is 43.5 Å². The van der Waals surface area contributed by atoms with Gasteiger partial charge >= 0.3 is 0 Å². The van der Waals surface area contributed by atoms with E-state index in [0.29, 0.717) is 11.8 Å². The summed E-state index contributed by atoms with van der Waals surface area (Å²) < 4.78 is 0. The summed E-state index contributed by atoms with van der Waals surface area (Å²) in [6.45, 7) is 3.09. The van der Waals surface area contributed by atoms with Crippen LogP contribution in [0.5, 0.6) is 0 Å². The van der Waals surface area contributed by atoms with Crippen molar-refractivity contribution >= 4 is 11.6 Å². The van der Waals surface area contributed by atoms with E-state index in [0.717, 1.165) is 17.5 Å². The third-order valence-corrected chi connectivity index (χ3v) is 4.49. The molecule has 1 fully saturated rings. The molecule has 1 aromatic rings. The van der Waals surface area contributed by atoms with E-state index in [2.05, 4.69) is 25.1 Å². The molecule has 1 saturated carbocycles. The average Bonchev–Trinajstić information content (AvgIpc) is 2.38. The number of benzene rings is 1. The molecule has 1 aromatic carbocycles. The van der Waals surface area contributed by atoms with Crippen molar-refractivity contribution in [3.63, 3.8) is 0 Å². The van der Waals surface area contributed by atoms with E-state index < -0.39 is 0 Å². The zero-order chi connectivity index (χ0) is 12.3. The highest BCUT2D eigenvalue weighted by Crippen LogP contribution is 2.41. The van der Waals surface area contributed by atoms with Crippen LogP contribution in [0, 0.1) is 11.8 Å². The van der Waals surface area contributed by atoms with Crippen LogP contribution in [0.3, 0.4) is 0 Å². The molecule has 0 amide bonds. The summed E-state index contributed by atoms with van der Waals surface area (Å²) in [5, 5.41) is 0.844. The Morgan fingerprint density at radius 2 is 2.18 bits per heavy atom. The first-order chi connectivity index (χ1) is 8.24. The van der Waals surface area contributed by atoms with Gasteiger partial charge in [-0.15, -0.1) is 0 Å². The van der Waals surface area contributed by atoms with Gasteiger partial charge in [0.2, 0.25) is 0 Å². The quantitative estimate of drug-likeness (QED) is 0.856. The van der Waals surface area contributed by atoms with E-state index in [1.54, 1.807) is 0 Å². The molecular formula is C15H22ClN. The highest BCUT2D eigenvalue weighted by molar-refractivity contribution is 6.30. The Hall–Kier alpha value is -0.530. The molecule has 0 bridgehead atoms. The summed E-state index contributed by atoms with van der Waals surface area (Å²) in [4.78, 5) is 0. The van der Waals surface area contributed by atoms with Crippen molar-refractivity contribution < 1.29 is 0 Å². The first kappa shape index (κ1) is 12.9. The summed E-state index contributed by atoms with van der Waals surface area (Å²) in [7, 11) is 0. The van der Waals surface area contributed by atoms with Crippen LogP contribution >= 0.6 is 11.6 Å². The van der Waals surface area contributed by atoms with E-state index in [4.69, 9.17) is 17.3 Å². The molecule has 0 spiro atoms. The van der Waals surface area contributed by atoms with Gasteiger partial charge in [0.1, 0.15) is 0 Å². The summed E-state index contributed by atoms with van der Waals surface area (Å²) in [6, 6.07) is 8.33. The lowest BCUT2D eigenvalue weighted by Crippen LogP contribution is -2.28. The van der Waals surface area contributed by atoms with Gasteiger partial charge in [-0.2, -0.15) is 0 Å². The van der Waals surface area contributed by atoms with Crippen LogP contribution in [0.2, 0.25) is 5.02 Å². The minimum Gasteiger partial charge on any atom is -0.330 e. The van der Waals surface area contributed by atoms with E-state index in [-0.39, 0.29) is 0 Å². The molecule has 2 rings (SSSR count). The minimum atomic E-state index is 0.609. The van der Waals surface area contributed by atoms with Gasteiger partial charge < -0.3 is 5.73 Å². The number of nitrogens with two attached hydrogens (primary N) is 1. The largest absolute Gasteiger partial charge is 0.330 e. The van der Waals surface area contributed by atoms with E-state index in [1.807, 2.05) is 6.07 Å². The molecule has 17 heavy (non-hydrogen) atoms. The zero-order valence-corrected chi connectivity index (χ0v) is 11.3. The van der Waals surface area contributed by atoms with Gasteiger partial charge in [-0.25, -0.2) is 0 Å². The van der Waals surface area contributed by atoms with Gasteiger partial charge in [0.05, 0.1) is 0 Å². The Morgan fingerprint density at radius 1 is 1.35 bits per heavy atom. The molecule has 1 nitrogen and oxygen atoms in total. The molecule has 0 aliphatic heterocycles. The number of hydrogen-bond acceptors (Lipinski definition) is 1. The van der Waals surface area contributed by atoms with Gasteiger partial charge in [0.25, 0.3) is 0 Å². The minimum absolute atomic E-state index is 0.609. The Kier molecular flexibility index (Phi) is 4.47. The Balaban J connectivity index is 2.20. The lowest BCUT2D eigenvalue weighted by molar-refractivity contribution is 0.236. The summed E-state index contributed by atoms with van der Waals surface area (Å²) in [5.74, 6) is 2.11. The molecule has 0 radical (unpaired) electrons. The van der Waals surface area contributed by atoms with Crippen molar-refractivity contribution in [2.75, 3.05) is 6.54 Å². The lowest BCUT2D eigenvalue weighted by Gasteiger charge is -2.35. The topological polar surface area (TPSA) is 26.0 Å². The maximum atomic E-state index is 6.09. The normalized spacial score (nSPS) is 29.2. The predicted molar refractivity (Wildman–Crippen MR) is 74.4 cm³/mol. The van der Waals surface area contributed by atoms with Crippen molar-refractivity contribution in [3.8, 4) is 0 Å². The highest BCUT2D eigenvalue weighted by atomic mass is 35.5. The molecule has 0 heterocycles. The van der Waals surface area contributed by atoms with Crippen molar-refractivity contribution in [2.24, 2.45) is 17.6 Å². The fourth-order valence-electron chi connectivity index (χ4n) is 3.12. The fraction of sp³-hybridized carbons (Fsp3) is 0.600. The first-order valence-electron chi connectivity index (χ1n) is 6.70. The maximum absolute atomic E-state index is 6.09. The van der Waals surface area contributed by atoms with Crippen LogP contribution in [-0.2, 0) is 0 Å². The molecule has 2 heteroatoms. The smallest absolute Gasteiger partial charge is 0.0408 e. The molecule has 3 atom stereocenters. The molecule has 1 aliphatic rings. The molecule has 0 saturated heterocycles. The summed E-state index contributed by atoms with van der Waals surface area (Å²) in [6.07, 6.45) is 5.18. The van der Waals surface area contributed by atoms with Crippen LogP contribution in [0.1, 0.15) is 44.1 Å². The van der Waals surface area contributed by atoms with Crippen molar-refractivity contribution in [1.29, 1.82) is 0 Å². The molecule has 94 valence electrons. The zero-order valence-electron chi connectivity index (χ0n) is 10.5. The van der Waals surface area contributed by atoms with E-state index >= 15 is 0 Å². The molecule has 3 unspecified atom stereocenters. The predicted octanol–water partition coefficient (Wildman–Crippen LogP) is 4.21. The van der Waals surface area contributed by atoms with Crippen LogP contribution < -0.4 is 5.73 Å². The Bertz CT molecular complexity index is 364. The number of rotatable bonds is 3. The van der Waals surface area contributed by atoms with Crippen molar-refractivity contribution in [1.82, 2.24) is 0 Å². The fourth-order valence-corrected chi connectivity index (χ4v) is 3.32. The second-order valence-corrected chi connectivity index (χ2v) is 5.68. The molecular weight excluding hydrogens is 230 g/mol. The average molecular weight is 252 g/mol. The van der Waals surface area contributed by atoms with Crippen LogP contribution in [-0.4, -0.2) is 6.54 Å². The van der Waals surface area contributed by atoms with E-state index in [1.165, 1.54) is 31.2 Å². The highest BCUT2D eigenvalue weighted by Gasteiger charge is 2.29. The second kappa shape index (κ2) is 5.88. The van der Waals surface area contributed by atoms with Gasteiger partial charge in [-0.05, 0) is 54.8 Å². The third kappa shape index (κ3) is 3.02. The van der Waals surface area contributed by atoms with Crippen LogP contribution in [0.25, 0.3) is 0 Å². The monoisotopic (exact) mass is 251 g/mol. The SMILES string of the molecule is CCC1CCC(CN)C(c2cccc(Cl)c2)C1. The number of halogens is 1. The van der Waals surface area contributed by atoms with Crippen LogP contribution in [0.15, 0.2) is 24.3 Å². The number of hydrogen-bond donors (Lipinski definition) is 1. The maximum Gasteiger partial charge on any atom is 0.0408 e. The second-order valence-electron chi connectivity index (χ2n) is 5.24. The molecule has 1 aliphatic carbocycles. The van der Waals surface area contributed by atoms with Gasteiger partial charge in [-0.3, -0.25) is 0 Å².